The summed E-state index contributed by atoms with van der Waals surface area (Å²) in [7, 11) is 0. The number of likely N-dealkylation sites (tertiary alicyclic amines) is 1. The van der Waals surface area contributed by atoms with Gasteiger partial charge >= 0.3 is 0 Å². The molecule has 1 fully saturated rings. The van der Waals surface area contributed by atoms with Crippen molar-refractivity contribution in [3.63, 3.8) is 0 Å². The predicted octanol–water partition coefficient (Wildman–Crippen LogP) is 3.29. The first-order valence-electron chi connectivity index (χ1n) is 8.86. The Morgan fingerprint density at radius 2 is 2.04 bits per heavy atom. The van der Waals surface area contributed by atoms with Crippen molar-refractivity contribution < 1.29 is 4.79 Å². The molecular formula is C19H25N3O2S. The number of hydrogen-bond acceptors (Lipinski definition) is 4. The molecule has 3 heterocycles. The van der Waals surface area contributed by atoms with Crippen LogP contribution in [0.15, 0.2) is 29.3 Å². The molecule has 2 aromatic heterocycles. The minimum Gasteiger partial charge on any atom is -0.338 e. The van der Waals surface area contributed by atoms with Crippen molar-refractivity contribution >= 4 is 17.2 Å². The summed E-state index contributed by atoms with van der Waals surface area (Å²) in [6, 6.07) is 5.54. The van der Waals surface area contributed by atoms with Crippen LogP contribution in [0, 0.1) is 12.8 Å². The Balaban J connectivity index is 1.58. The molecule has 1 aliphatic rings. The van der Waals surface area contributed by atoms with Crippen molar-refractivity contribution in [1.29, 1.82) is 0 Å². The minimum absolute atomic E-state index is 0.0197. The van der Waals surface area contributed by atoms with E-state index in [9.17, 15) is 9.59 Å². The molecule has 0 saturated carbocycles. The first-order valence-corrected chi connectivity index (χ1v) is 9.68. The van der Waals surface area contributed by atoms with Crippen LogP contribution in [0.4, 0.5) is 0 Å². The van der Waals surface area contributed by atoms with Crippen molar-refractivity contribution in [2.75, 3.05) is 13.1 Å². The number of aromatic nitrogens is 2. The highest BCUT2D eigenvalue weighted by Crippen LogP contribution is 2.23. The van der Waals surface area contributed by atoms with E-state index in [4.69, 9.17) is 0 Å². The Hall–Kier alpha value is -1.95. The van der Waals surface area contributed by atoms with Gasteiger partial charge in [0.25, 0.3) is 11.5 Å². The van der Waals surface area contributed by atoms with Crippen LogP contribution in [0.25, 0.3) is 0 Å². The molecule has 0 atom stereocenters. The molecule has 0 spiro atoms. The van der Waals surface area contributed by atoms with Crippen LogP contribution in [0.1, 0.15) is 52.8 Å². The zero-order valence-electron chi connectivity index (χ0n) is 15.1. The fraction of sp³-hybridized carbons (Fsp3) is 0.526. The molecule has 134 valence electrons. The average molecular weight is 359 g/mol. The molecule has 0 radical (unpaired) electrons. The van der Waals surface area contributed by atoms with Gasteiger partial charge in [0.2, 0.25) is 0 Å². The van der Waals surface area contributed by atoms with Crippen molar-refractivity contribution in [3.8, 4) is 0 Å². The first kappa shape index (κ1) is 17.9. The second-order valence-electron chi connectivity index (χ2n) is 7.10. The summed E-state index contributed by atoms with van der Waals surface area (Å²) in [5, 5.41) is 0. The summed E-state index contributed by atoms with van der Waals surface area (Å²) in [6.07, 6.45) is 3.52. The maximum Gasteiger partial charge on any atom is 0.263 e. The summed E-state index contributed by atoms with van der Waals surface area (Å²) >= 11 is 1.55. The third kappa shape index (κ3) is 4.18. The highest BCUT2D eigenvalue weighted by atomic mass is 32.1. The van der Waals surface area contributed by atoms with E-state index in [1.165, 1.54) is 0 Å². The molecule has 1 saturated heterocycles. The van der Waals surface area contributed by atoms with E-state index in [-0.39, 0.29) is 17.4 Å². The first-order chi connectivity index (χ1) is 11.9. The molecule has 0 bridgehead atoms. The number of aryl methyl sites for hydroxylation is 1. The van der Waals surface area contributed by atoms with E-state index in [0.717, 1.165) is 41.4 Å². The third-order valence-electron chi connectivity index (χ3n) is 4.80. The van der Waals surface area contributed by atoms with Crippen LogP contribution < -0.4 is 5.56 Å². The normalized spacial score (nSPS) is 15.8. The lowest BCUT2D eigenvalue weighted by atomic mass is 9.96. The third-order valence-corrected chi connectivity index (χ3v) is 5.79. The van der Waals surface area contributed by atoms with Gasteiger partial charge in [0.1, 0.15) is 0 Å². The highest BCUT2D eigenvalue weighted by Gasteiger charge is 2.24. The van der Waals surface area contributed by atoms with Crippen molar-refractivity contribution in [2.45, 2.75) is 46.1 Å². The van der Waals surface area contributed by atoms with Crippen LogP contribution in [-0.4, -0.2) is 33.4 Å². The number of thiophene rings is 1. The second-order valence-corrected chi connectivity index (χ2v) is 8.39. The van der Waals surface area contributed by atoms with Gasteiger partial charge in [-0.1, -0.05) is 13.8 Å². The molecule has 1 aliphatic heterocycles. The van der Waals surface area contributed by atoms with E-state index in [1.807, 2.05) is 37.8 Å². The monoisotopic (exact) mass is 359 g/mol. The van der Waals surface area contributed by atoms with Crippen molar-refractivity contribution in [3.05, 3.63) is 50.3 Å². The predicted molar refractivity (Wildman–Crippen MR) is 100 cm³/mol. The lowest BCUT2D eigenvalue weighted by Crippen LogP contribution is -2.39. The van der Waals surface area contributed by atoms with Gasteiger partial charge in [-0.25, -0.2) is 4.98 Å². The number of piperidine rings is 1. The van der Waals surface area contributed by atoms with Crippen molar-refractivity contribution in [1.82, 2.24) is 14.5 Å². The Morgan fingerprint density at radius 1 is 1.32 bits per heavy atom. The molecule has 0 aliphatic carbocycles. The summed E-state index contributed by atoms with van der Waals surface area (Å²) in [5.74, 6) is 0.813. The molecule has 5 nitrogen and oxygen atoms in total. The Morgan fingerprint density at radius 3 is 2.60 bits per heavy atom. The molecular weight excluding hydrogens is 334 g/mol. The quantitative estimate of drug-likeness (QED) is 0.842. The maximum atomic E-state index is 12.5. The Bertz CT molecular complexity index is 801. The fourth-order valence-electron chi connectivity index (χ4n) is 3.19. The summed E-state index contributed by atoms with van der Waals surface area (Å²) in [6.45, 7) is 8.29. The van der Waals surface area contributed by atoms with Gasteiger partial charge in [0, 0.05) is 30.6 Å². The van der Waals surface area contributed by atoms with Crippen LogP contribution >= 0.6 is 11.3 Å². The zero-order valence-corrected chi connectivity index (χ0v) is 15.9. The lowest BCUT2D eigenvalue weighted by molar-refractivity contribution is 0.0687. The lowest BCUT2D eigenvalue weighted by Gasteiger charge is -2.32. The summed E-state index contributed by atoms with van der Waals surface area (Å²) in [4.78, 5) is 33.0. The van der Waals surface area contributed by atoms with E-state index in [2.05, 4.69) is 4.98 Å². The van der Waals surface area contributed by atoms with E-state index < -0.39 is 0 Å². The van der Waals surface area contributed by atoms with E-state index in [0.29, 0.717) is 12.5 Å². The number of carbonyl (C=O) groups excluding carboxylic acids is 1. The highest BCUT2D eigenvalue weighted by molar-refractivity contribution is 7.13. The number of carbonyl (C=O) groups is 1. The second kappa shape index (κ2) is 7.52. The average Bonchev–Trinajstić information content (AvgIpc) is 3.03. The van der Waals surface area contributed by atoms with Gasteiger partial charge < -0.3 is 4.90 Å². The van der Waals surface area contributed by atoms with Crippen LogP contribution in [-0.2, 0) is 6.54 Å². The van der Waals surface area contributed by atoms with Gasteiger partial charge in [-0.3, -0.25) is 14.2 Å². The Kier molecular flexibility index (Phi) is 5.37. The molecule has 0 unspecified atom stereocenters. The van der Waals surface area contributed by atoms with Crippen LogP contribution in [0.5, 0.6) is 0 Å². The maximum absolute atomic E-state index is 12.5. The minimum atomic E-state index is 0.0197. The standard InChI is InChI=1S/C19H25N3O2S/c1-13(2)16-10-18(23)22(12-20-16)11-15-6-8-21(9-7-15)19(24)17-5-4-14(3)25-17/h4-5,10,12-13,15H,6-9,11H2,1-3H3. The van der Waals surface area contributed by atoms with Crippen LogP contribution in [0.3, 0.4) is 0 Å². The molecule has 0 N–H and O–H groups in total. The van der Waals surface area contributed by atoms with Gasteiger partial charge in [-0.2, -0.15) is 0 Å². The summed E-state index contributed by atoms with van der Waals surface area (Å²) in [5.41, 5.74) is 0.860. The smallest absolute Gasteiger partial charge is 0.263 e. The topological polar surface area (TPSA) is 55.2 Å². The van der Waals surface area contributed by atoms with Crippen molar-refractivity contribution in [2.24, 2.45) is 5.92 Å². The number of rotatable bonds is 4. The number of hydrogen-bond donors (Lipinski definition) is 0. The molecule has 1 amide bonds. The van der Waals surface area contributed by atoms with Gasteiger partial charge in [-0.15, -0.1) is 11.3 Å². The fourth-order valence-corrected chi connectivity index (χ4v) is 4.03. The van der Waals surface area contributed by atoms with E-state index >= 15 is 0 Å². The van der Waals surface area contributed by atoms with Gasteiger partial charge in [0.15, 0.2) is 0 Å². The van der Waals surface area contributed by atoms with Gasteiger partial charge in [-0.05, 0) is 43.7 Å². The molecule has 6 heteroatoms. The molecule has 2 aromatic rings. The summed E-state index contributed by atoms with van der Waals surface area (Å²) < 4.78 is 1.71. The number of nitrogens with zero attached hydrogens (tertiary/aromatic N) is 3. The largest absolute Gasteiger partial charge is 0.338 e. The zero-order chi connectivity index (χ0) is 18.0. The number of amides is 1. The Labute approximate surface area is 152 Å². The molecule has 25 heavy (non-hydrogen) atoms. The molecule has 0 aromatic carbocycles. The SMILES string of the molecule is Cc1ccc(C(=O)N2CCC(Cn3cnc(C(C)C)cc3=O)CC2)s1. The van der Waals surface area contributed by atoms with Gasteiger partial charge in [0.05, 0.1) is 16.9 Å². The van der Waals surface area contributed by atoms with E-state index in [1.54, 1.807) is 28.3 Å². The van der Waals surface area contributed by atoms with Crippen LogP contribution in [0.2, 0.25) is 0 Å². The molecule has 3 rings (SSSR count).